The lowest BCUT2D eigenvalue weighted by atomic mass is 10.2. The van der Waals surface area contributed by atoms with Gasteiger partial charge in [-0.1, -0.05) is 24.3 Å². The molecule has 0 atom stereocenters. The number of guanidine groups is 1. The summed E-state index contributed by atoms with van der Waals surface area (Å²) < 4.78 is 11.5. The molecule has 0 amide bonds. The molecule has 0 unspecified atom stereocenters. The molecule has 0 bridgehead atoms. The molecular weight excluding hydrogens is 340 g/mol. The van der Waals surface area contributed by atoms with Crippen LogP contribution in [-0.4, -0.2) is 31.2 Å². The van der Waals surface area contributed by atoms with Crippen LogP contribution in [0.25, 0.3) is 0 Å². The van der Waals surface area contributed by atoms with Crippen LogP contribution in [0.5, 0.6) is 11.6 Å². The third-order valence-corrected chi connectivity index (χ3v) is 4.39. The Bertz CT molecular complexity index is 759. The number of hydrogen-bond acceptors (Lipinski definition) is 4. The normalized spacial score (nSPS) is 13.9. The first kappa shape index (κ1) is 19.0. The molecule has 1 saturated carbocycles. The zero-order valence-corrected chi connectivity index (χ0v) is 16.1. The van der Waals surface area contributed by atoms with E-state index in [0.29, 0.717) is 25.6 Å². The first-order valence-electron chi connectivity index (χ1n) is 9.52. The van der Waals surface area contributed by atoms with Crippen molar-refractivity contribution in [2.24, 2.45) is 10.9 Å². The van der Waals surface area contributed by atoms with E-state index in [0.717, 1.165) is 35.4 Å². The van der Waals surface area contributed by atoms with Crippen molar-refractivity contribution in [1.82, 2.24) is 15.6 Å². The Kier molecular flexibility index (Phi) is 6.90. The summed E-state index contributed by atoms with van der Waals surface area (Å²) in [6.07, 6.45) is 4.31. The second-order valence-corrected chi connectivity index (χ2v) is 6.54. The summed E-state index contributed by atoms with van der Waals surface area (Å²) in [6, 6.07) is 12.1. The molecule has 1 aromatic heterocycles. The van der Waals surface area contributed by atoms with Gasteiger partial charge in [0.05, 0.1) is 13.2 Å². The van der Waals surface area contributed by atoms with Crippen molar-refractivity contribution >= 4 is 5.96 Å². The molecule has 6 nitrogen and oxygen atoms in total. The molecule has 3 rings (SSSR count). The van der Waals surface area contributed by atoms with Crippen molar-refractivity contribution < 1.29 is 9.47 Å². The van der Waals surface area contributed by atoms with E-state index < -0.39 is 0 Å². The van der Waals surface area contributed by atoms with Crippen molar-refractivity contribution in [1.29, 1.82) is 0 Å². The number of hydrogen-bond donors (Lipinski definition) is 2. The van der Waals surface area contributed by atoms with E-state index in [1.54, 1.807) is 13.2 Å². The third kappa shape index (κ3) is 5.88. The Morgan fingerprint density at radius 1 is 1.07 bits per heavy atom. The fourth-order valence-electron chi connectivity index (χ4n) is 2.69. The van der Waals surface area contributed by atoms with Gasteiger partial charge in [0.15, 0.2) is 5.96 Å². The minimum absolute atomic E-state index is 0.586. The summed E-state index contributed by atoms with van der Waals surface area (Å²) in [5.41, 5.74) is 2.12. The van der Waals surface area contributed by atoms with Crippen LogP contribution in [0.4, 0.5) is 0 Å². The molecule has 0 spiro atoms. The lowest BCUT2D eigenvalue weighted by Crippen LogP contribution is -2.36. The highest BCUT2D eigenvalue weighted by atomic mass is 16.5. The number of para-hydroxylation sites is 1. The van der Waals surface area contributed by atoms with Crippen molar-refractivity contribution in [3.63, 3.8) is 0 Å². The largest absolute Gasteiger partial charge is 0.493 e. The van der Waals surface area contributed by atoms with Crippen molar-refractivity contribution in [2.45, 2.75) is 32.9 Å². The van der Waals surface area contributed by atoms with Gasteiger partial charge in [-0.15, -0.1) is 0 Å². The highest BCUT2D eigenvalue weighted by Crippen LogP contribution is 2.30. The highest BCUT2D eigenvalue weighted by Gasteiger charge is 2.22. The van der Waals surface area contributed by atoms with Crippen molar-refractivity contribution in [3.05, 3.63) is 53.7 Å². The topological polar surface area (TPSA) is 67.8 Å². The number of nitrogens with zero attached hydrogens (tertiary/aromatic N) is 2. The Labute approximate surface area is 161 Å². The van der Waals surface area contributed by atoms with Gasteiger partial charge in [-0.3, -0.25) is 4.99 Å². The van der Waals surface area contributed by atoms with Gasteiger partial charge >= 0.3 is 0 Å². The molecule has 0 aliphatic heterocycles. The highest BCUT2D eigenvalue weighted by molar-refractivity contribution is 5.79. The van der Waals surface area contributed by atoms with Gasteiger partial charge in [0.1, 0.15) is 5.75 Å². The lowest BCUT2D eigenvalue weighted by molar-refractivity contribution is 0.296. The molecule has 144 valence electrons. The van der Waals surface area contributed by atoms with Gasteiger partial charge in [-0.25, -0.2) is 4.98 Å². The van der Waals surface area contributed by atoms with E-state index in [2.05, 4.69) is 26.7 Å². The molecule has 1 fully saturated rings. The van der Waals surface area contributed by atoms with E-state index in [-0.39, 0.29) is 0 Å². The summed E-state index contributed by atoms with van der Waals surface area (Å²) >= 11 is 0. The number of benzene rings is 1. The zero-order chi connectivity index (χ0) is 18.9. The van der Waals surface area contributed by atoms with Gasteiger partial charge in [0.2, 0.25) is 5.88 Å². The molecule has 0 radical (unpaired) electrons. The van der Waals surface area contributed by atoms with Gasteiger partial charge < -0.3 is 20.1 Å². The van der Waals surface area contributed by atoms with E-state index in [1.165, 1.54) is 12.8 Å². The summed E-state index contributed by atoms with van der Waals surface area (Å²) in [4.78, 5) is 8.58. The summed E-state index contributed by atoms with van der Waals surface area (Å²) in [5, 5.41) is 6.66. The Morgan fingerprint density at radius 3 is 2.56 bits per heavy atom. The second kappa shape index (κ2) is 9.80. The predicted octanol–water partition coefficient (Wildman–Crippen LogP) is 3.13. The Morgan fingerprint density at radius 2 is 1.81 bits per heavy atom. The zero-order valence-electron chi connectivity index (χ0n) is 16.1. The maximum absolute atomic E-state index is 5.97. The van der Waals surface area contributed by atoms with Crippen LogP contribution in [0.3, 0.4) is 0 Å². The minimum atomic E-state index is 0.586. The maximum atomic E-state index is 5.97. The SMILES string of the molecule is CCOc1ncccc1CNC(=NC)NCc1ccccc1OCC1CC1. The molecule has 1 aliphatic carbocycles. The van der Waals surface area contributed by atoms with E-state index in [1.807, 2.05) is 37.3 Å². The Balaban J connectivity index is 1.54. The number of aromatic nitrogens is 1. The molecule has 0 saturated heterocycles. The van der Waals surface area contributed by atoms with Crippen molar-refractivity contribution in [3.8, 4) is 11.6 Å². The molecular formula is C21H28N4O2. The number of rotatable bonds is 9. The number of pyridine rings is 1. The molecule has 1 aliphatic rings. The van der Waals surface area contributed by atoms with Crippen LogP contribution < -0.4 is 20.1 Å². The van der Waals surface area contributed by atoms with E-state index in [9.17, 15) is 0 Å². The first-order chi connectivity index (χ1) is 13.3. The summed E-state index contributed by atoms with van der Waals surface area (Å²) in [6.45, 7) is 4.59. The fourth-order valence-corrected chi connectivity index (χ4v) is 2.69. The maximum Gasteiger partial charge on any atom is 0.218 e. The minimum Gasteiger partial charge on any atom is -0.493 e. The van der Waals surface area contributed by atoms with Crippen LogP contribution >= 0.6 is 0 Å². The summed E-state index contributed by atoms with van der Waals surface area (Å²) in [7, 11) is 1.76. The monoisotopic (exact) mass is 368 g/mol. The smallest absolute Gasteiger partial charge is 0.218 e. The number of aliphatic imine (C=N–C) groups is 1. The van der Waals surface area contributed by atoms with Crippen LogP contribution in [0.1, 0.15) is 30.9 Å². The standard InChI is InChI=1S/C21H28N4O2/c1-3-26-20-18(8-6-12-23-20)14-25-21(22-2)24-13-17-7-4-5-9-19(17)27-15-16-10-11-16/h4-9,12,16H,3,10-11,13-15H2,1-2H3,(H2,22,24,25). The van der Waals surface area contributed by atoms with Crippen LogP contribution in [0.2, 0.25) is 0 Å². The van der Waals surface area contributed by atoms with Gasteiger partial charge in [-0.2, -0.15) is 0 Å². The average Bonchev–Trinajstić information content (AvgIpc) is 3.53. The van der Waals surface area contributed by atoms with E-state index in [4.69, 9.17) is 9.47 Å². The molecule has 6 heteroatoms. The van der Waals surface area contributed by atoms with Crippen LogP contribution in [-0.2, 0) is 13.1 Å². The predicted molar refractivity (Wildman–Crippen MR) is 107 cm³/mol. The second-order valence-electron chi connectivity index (χ2n) is 6.54. The molecule has 27 heavy (non-hydrogen) atoms. The number of nitrogens with one attached hydrogen (secondary N) is 2. The third-order valence-electron chi connectivity index (χ3n) is 4.39. The summed E-state index contributed by atoms with van der Waals surface area (Å²) in [5.74, 6) is 3.05. The molecule has 1 aromatic carbocycles. The molecule has 2 N–H and O–H groups in total. The lowest BCUT2D eigenvalue weighted by Gasteiger charge is -2.15. The van der Waals surface area contributed by atoms with Gasteiger partial charge in [0, 0.05) is 37.5 Å². The molecule has 2 aromatic rings. The molecule has 1 heterocycles. The van der Waals surface area contributed by atoms with Crippen LogP contribution in [0.15, 0.2) is 47.6 Å². The quantitative estimate of drug-likeness (QED) is 0.526. The van der Waals surface area contributed by atoms with E-state index >= 15 is 0 Å². The fraction of sp³-hybridized carbons (Fsp3) is 0.429. The van der Waals surface area contributed by atoms with Crippen LogP contribution in [0, 0.1) is 5.92 Å². The Hall–Kier alpha value is -2.76. The number of ether oxygens (including phenoxy) is 2. The van der Waals surface area contributed by atoms with Crippen molar-refractivity contribution in [2.75, 3.05) is 20.3 Å². The van der Waals surface area contributed by atoms with Gasteiger partial charge in [-0.05, 0) is 37.8 Å². The first-order valence-corrected chi connectivity index (χ1v) is 9.52. The van der Waals surface area contributed by atoms with Gasteiger partial charge in [0.25, 0.3) is 0 Å². The average molecular weight is 368 g/mol.